The van der Waals surface area contributed by atoms with Crippen molar-refractivity contribution in [1.82, 2.24) is 4.90 Å². The molecule has 0 saturated heterocycles. The SMILES string of the molecule is CC(C#N)CN(C)CCCBr. The maximum absolute atomic E-state index is 8.52. The largest absolute Gasteiger partial charge is 0.305 e. The summed E-state index contributed by atoms with van der Waals surface area (Å²) in [6.45, 7) is 3.89. The van der Waals surface area contributed by atoms with Crippen LogP contribution < -0.4 is 0 Å². The number of hydrogen-bond acceptors (Lipinski definition) is 2. The van der Waals surface area contributed by atoms with E-state index in [0.29, 0.717) is 0 Å². The molecule has 11 heavy (non-hydrogen) atoms. The van der Waals surface area contributed by atoms with Crippen LogP contribution >= 0.6 is 15.9 Å². The molecule has 0 radical (unpaired) electrons. The number of halogens is 1. The zero-order valence-corrected chi connectivity index (χ0v) is 8.76. The van der Waals surface area contributed by atoms with Gasteiger partial charge in [-0.2, -0.15) is 5.26 Å². The van der Waals surface area contributed by atoms with Crippen molar-refractivity contribution in [3.8, 4) is 6.07 Å². The Balaban J connectivity index is 3.37. The quantitative estimate of drug-likeness (QED) is 0.660. The van der Waals surface area contributed by atoms with Crippen LogP contribution in [0.15, 0.2) is 0 Å². The summed E-state index contributed by atoms with van der Waals surface area (Å²) in [5, 5.41) is 9.56. The second-order valence-corrected chi connectivity index (χ2v) is 3.63. The van der Waals surface area contributed by atoms with Gasteiger partial charge in [-0.25, -0.2) is 0 Å². The van der Waals surface area contributed by atoms with Crippen LogP contribution in [0, 0.1) is 17.2 Å². The monoisotopic (exact) mass is 218 g/mol. The lowest BCUT2D eigenvalue weighted by Gasteiger charge is -2.16. The van der Waals surface area contributed by atoms with Gasteiger partial charge in [0.2, 0.25) is 0 Å². The van der Waals surface area contributed by atoms with E-state index in [1.165, 1.54) is 0 Å². The highest BCUT2D eigenvalue weighted by atomic mass is 79.9. The summed E-state index contributed by atoms with van der Waals surface area (Å²) >= 11 is 3.37. The molecule has 0 N–H and O–H groups in total. The predicted octanol–water partition coefficient (Wildman–Crippen LogP) is 1.86. The van der Waals surface area contributed by atoms with Crippen LogP contribution in [0.1, 0.15) is 13.3 Å². The average molecular weight is 219 g/mol. The molecule has 0 heterocycles. The van der Waals surface area contributed by atoms with Gasteiger partial charge in [-0.3, -0.25) is 0 Å². The van der Waals surface area contributed by atoms with Gasteiger partial charge in [-0.05, 0) is 26.9 Å². The molecule has 0 aliphatic heterocycles. The summed E-state index contributed by atoms with van der Waals surface area (Å²) in [4.78, 5) is 2.19. The van der Waals surface area contributed by atoms with E-state index >= 15 is 0 Å². The Morgan fingerprint density at radius 2 is 2.27 bits per heavy atom. The lowest BCUT2D eigenvalue weighted by Crippen LogP contribution is -2.25. The highest BCUT2D eigenvalue weighted by Crippen LogP contribution is 1.97. The summed E-state index contributed by atoms with van der Waals surface area (Å²) < 4.78 is 0. The molecule has 1 unspecified atom stereocenters. The summed E-state index contributed by atoms with van der Waals surface area (Å²) in [6.07, 6.45) is 1.15. The minimum Gasteiger partial charge on any atom is -0.305 e. The van der Waals surface area contributed by atoms with E-state index in [1.807, 2.05) is 6.92 Å². The molecule has 0 bridgehead atoms. The summed E-state index contributed by atoms with van der Waals surface area (Å²) in [5.41, 5.74) is 0. The van der Waals surface area contributed by atoms with E-state index in [9.17, 15) is 0 Å². The Morgan fingerprint density at radius 1 is 1.64 bits per heavy atom. The predicted molar refractivity (Wildman–Crippen MR) is 50.7 cm³/mol. The third-order valence-corrected chi connectivity index (χ3v) is 2.04. The molecule has 3 heteroatoms. The zero-order chi connectivity index (χ0) is 8.69. The Labute approximate surface area is 77.3 Å². The molecule has 1 atom stereocenters. The Kier molecular flexibility index (Phi) is 6.59. The van der Waals surface area contributed by atoms with Crippen molar-refractivity contribution in [3.63, 3.8) is 0 Å². The first-order chi connectivity index (χ1) is 5.20. The number of hydrogen-bond donors (Lipinski definition) is 0. The maximum Gasteiger partial charge on any atom is 0.0666 e. The zero-order valence-electron chi connectivity index (χ0n) is 7.18. The molecular formula is C8H15BrN2. The number of nitrogens with zero attached hydrogens (tertiary/aromatic N) is 2. The topological polar surface area (TPSA) is 27.0 Å². The first-order valence-electron chi connectivity index (χ1n) is 3.84. The van der Waals surface area contributed by atoms with E-state index in [-0.39, 0.29) is 5.92 Å². The molecule has 0 fully saturated rings. The number of nitriles is 1. The van der Waals surface area contributed by atoms with Crippen molar-refractivity contribution >= 4 is 15.9 Å². The van der Waals surface area contributed by atoms with Gasteiger partial charge in [0.1, 0.15) is 0 Å². The van der Waals surface area contributed by atoms with Crippen LogP contribution in [-0.4, -0.2) is 30.4 Å². The molecule has 0 aliphatic carbocycles. The third kappa shape index (κ3) is 6.33. The normalized spacial score (nSPS) is 13.0. The summed E-state index contributed by atoms with van der Waals surface area (Å²) in [5.74, 6) is 0.148. The highest BCUT2D eigenvalue weighted by molar-refractivity contribution is 9.09. The van der Waals surface area contributed by atoms with Crippen molar-refractivity contribution in [2.45, 2.75) is 13.3 Å². The van der Waals surface area contributed by atoms with E-state index in [0.717, 1.165) is 24.8 Å². The van der Waals surface area contributed by atoms with Gasteiger partial charge >= 0.3 is 0 Å². The Morgan fingerprint density at radius 3 is 2.73 bits per heavy atom. The van der Waals surface area contributed by atoms with Crippen molar-refractivity contribution in [2.24, 2.45) is 5.92 Å². The molecule has 0 aromatic heterocycles. The molecule has 0 saturated carbocycles. The van der Waals surface area contributed by atoms with Crippen LogP contribution in [0.2, 0.25) is 0 Å². The molecular weight excluding hydrogens is 204 g/mol. The first-order valence-corrected chi connectivity index (χ1v) is 4.97. The molecule has 64 valence electrons. The fourth-order valence-electron chi connectivity index (χ4n) is 0.929. The van der Waals surface area contributed by atoms with Crippen molar-refractivity contribution < 1.29 is 0 Å². The van der Waals surface area contributed by atoms with Crippen molar-refractivity contribution in [2.75, 3.05) is 25.5 Å². The minimum atomic E-state index is 0.148. The Bertz CT molecular complexity index is 131. The first kappa shape index (κ1) is 10.9. The second kappa shape index (κ2) is 6.63. The molecule has 0 aromatic rings. The number of alkyl halides is 1. The summed E-state index contributed by atoms with van der Waals surface area (Å²) in [6, 6.07) is 2.22. The van der Waals surface area contributed by atoms with Gasteiger partial charge < -0.3 is 4.90 Å². The second-order valence-electron chi connectivity index (χ2n) is 2.83. The van der Waals surface area contributed by atoms with E-state index in [4.69, 9.17) is 5.26 Å². The average Bonchev–Trinajstić information content (AvgIpc) is 2.00. The molecule has 0 spiro atoms. The lowest BCUT2D eigenvalue weighted by atomic mass is 10.2. The fraction of sp³-hybridized carbons (Fsp3) is 0.875. The van der Waals surface area contributed by atoms with E-state index in [2.05, 4.69) is 33.9 Å². The molecule has 0 rings (SSSR count). The van der Waals surface area contributed by atoms with Crippen molar-refractivity contribution in [3.05, 3.63) is 0 Å². The molecule has 2 nitrogen and oxygen atoms in total. The van der Waals surface area contributed by atoms with Gasteiger partial charge in [0.15, 0.2) is 0 Å². The van der Waals surface area contributed by atoms with Crippen LogP contribution in [0.4, 0.5) is 0 Å². The van der Waals surface area contributed by atoms with E-state index in [1.54, 1.807) is 0 Å². The number of rotatable bonds is 5. The lowest BCUT2D eigenvalue weighted by molar-refractivity contribution is 0.312. The van der Waals surface area contributed by atoms with Gasteiger partial charge in [0.05, 0.1) is 12.0 Å². The minimum absolute atomic E-state index is 0.148. The van der Waals surface area contributed by atoms with Crippen molar-refractivity contribution in [1.29, 1.82) is 5.26 Å². The van der Waals surface area contributed by atoms with Crippen LogP contribution in [0.3, 0.4) is 0 Å². The van der Waals surface area contributed by atoms with Crippen LogP contribution in [0.25, 0.3) is 0 Å². The fourth-order valence-corrected chi connectivity index (χ4v) is 1.18. The molecule has 0 aliphatic rings. The third-order valence-electron chi connectivity index (χ3n) is 1.48. The van der Waals surface area contributed by atoms with Gasteiger partial charge in [0, 0.05) is 11.9 Å². The molecule has 0 aromatic carbocycles. The van der Waals surface area contributed by atoms with Gasteiger partial charge in [-0.15, -0.1) is 0 Å². The van der Waals surface area contributed by atoms with Gasteiger partial charge in [0.25, 0.3) is 0 Å². The van der Waals surface area contributed by atoms with Crippen LogP contribution in [0.5, 0.6) is 0 Å². The highest BCUT2D eigenvalue weighted by Gasteiger charge is 2.03. The van der Waals surface area contributed by atoms with Gasteiger partial charge in [-0.1, -0.05) is 15.9 Å². The van der Waals surface area contributed by atoms with Crippen LogP contribution in [-0.2, 0) is 0 Å². The summed E-state index contributed by atoms with van der Waals surface area (Å²) in [7, 11) is 2.05. The maximum atomic E-state index is 8.52. The Hall–Kier alpha value is -0.0700. The standard InChI is InChI=1S/C8H15BrN2/c1-8(6-10)7-11(2)5-3-4-9/h8H,3-5,7H2,1-2H3. The molecule has 0 amide bonds. The van der Waals surface area contributed by atoms with E-state index < -0.39 is 0 Å². The smallest absolute Gasteiger partial charge is 0.0666 e.